The van der Waals surface area contributed by atoms with E-state index in [1.807, 2.05) is 0 Å². The van der Waals surface area contributed by atoms with Crippen molar-refractivity contribution >= 4 is 23.6 Å². The maximum absolute atomic E-state index is 15.2. The van der Waals surface area contributed by atoms with Gasteiger partial charge in [-0.2, -0.15) is 0 Å². The number of unbranched alkanes of at least 4 members (excludes halogenated alkanes) is 2. The topological polar surface area (TPSA) is 366 Å². The smallest absolute Gasteiger partial charge is 0.873 e. The van der Waals surface area contributed by atoms with Crippen LogP contribution in [0, 0.1) is 5.41 Å². The minimum absolute atomic E-state index is 0. The van der Waals surface area contributed by atoms with Crippen molar-refractivity contribution < 1.29 is 215 Å². The van der Waals surface area contributed by atoms with Crippen LogP contribution in [0.15, 0.2) is 66.7 Å². The Hall–Kier alpha value is -3.75. The monoisotopic (exact) mass is 1400 g/mol. The molecule has 0 aliphatic carbocycles. The fourth-order valence-corrected chi connectivity index (χ4v) is 8.77. The van der Waals surface area contributed by atoms with E-state index in [0.717, 1.165) is 18.2 Å². The molecule has 0 spiro atoms. The molecule has 4 aromatic rings. The summed E-state index contributed by atoms with van der Waals surface area (Å²) in [5.74, 6) is -7.22. The number of rotatable bonds is 50. The number of para-hydroxylation sites is 3. The van der Waals surface area contributed by atoms with Crippen LogP contribution >= 0.6 is 0 Å². The van der Waals surface area contributed by atoms with Crippen molar-refractivity contribution in [1.82, 2.24) is 21.3 Å². The van der Waals surface area contributed by atoms with E-state index < -0.39 is 63.5 Å². The molecule has 30 heteroatoms. The molecule has 0 heterocycles. The largest absolute Gasteiger partial charge is 1.00 e. The zero-order chi connectivity index (χ0) is 63.6. The maximum Gasteiger partial charge on any atom is 1.00 e. The van der Waals surface area contributed by atoms with E-state index in [4.69, 9.17) is 56.8 Å². The summed E-state index contributed by atoms with van der Waals surface area (Å²) >= 11 is 0. The molecule has 26 nitrogen and oxygen atoms in total. The zero-order valence-corrected chi connectivity index (χ0v) is 61.8. The number of nitrogens with one attached hydrogen (secondary N) is 4. The van der Waals surface area contributed by atoms with Crippen molar-refractivity contribution in [2.45, 2.75) is 57.9 Å². The number of carbonyl (C=O) groups excluding carboxylic acids is 4. The molecule has 4 N–H and O–H groups in total. The Balaban J connectivity index is 0.0000207. The Morgan fingerprint density at radius 2 is 0.696 bits per heavy atom. The Bertz CT molecular complexity index is 2570. The summed E-state index contributed by atoms with van der Waals surface area (Å²) in [4.78, 5) is 54.5. The maximum atomic E-state index is 15.2. The van der Waals surface area contributed by atoms with Crippen LogP contribution in [0.3, 0.4) is 0 Å². The van der Waals surface area contributed by atoms with Gasteiger partial charge < -0.3 is 109 Å². The van der Waals surface area contributed by atoms with Crippen molar-refractivity contribution in [2.75, 3.05) is 160 Å². The average molecular weight is 1410 g/mol. The van der Waals surface area contributed by atoms with Gasteiger partial charge in [-0.15, -0.1) is 34.5 Å². The minimum atomic E-state index is -1.22. The molecule has 0 saturated heterocycles. The average Bonchev–Trinajstić information content (AvgIpc) is 0.976. The van der Waals surface area contributed by atoms with Gasteiger partial charge in [0, 0.05) is 89.7 Å². The number of carbonyl (C=O) groups is 4. The molecule has 0 fully saturated rings. The molecule has 4 amide bonds. The van der Waals surface area contributed by atoms with Crippen LogP contribution in [0.5, 0.6) is 51.7 Å². The number of hydrogen-bond acceptors (Lipinski definition) is 22. The van der Waals surface area contributed by atoms with Gasteiger partial charge in [0.15, 0.2) is 11.5 Å². The Kier molecular flexibility index (Phi) is 51.2. The second-order valence-electron chi connectivity index (χ2n) is 19.8. The first-order valence-corrected chi connectivity index (χ1v) is 29.3. The van der Waals surface area contributed by atoms with Crippen molar-refractivity contribution in [3.05, 3.63) is 89.0 Å². The van der Waals surface area contributed by atoms with Gasteiger partial charge >= 0.3 is 88.7 Å². The summed E-state index contributed by atoms with van der Waals surface area (Å²) in [5.41, 5.74) is -1.64. The molecule has 0 aliphatic heterocycles. The molecule has 0 saturated carbocycles. The summed E-state index contributed by atoms with van der Waals surface area (Å²) in [6.45, 7) is 5.14. The first-order valence-electron chi connectivity index (χ1n) is 29.3. The first kappa shape index (κ1) is 88.2. The number of methoxy groups -OCH3 is 3. The number of hydrogen-bond donors (Lipinski definition) is 4. The van der Waals surface area contributed by atoms with Crippen molar-refractivity contribution in [1.29, 1.82) is 0 Å². The Labute approximate surface area is 618 Å². The normalized spacial score (nSPS) is 10.8. The number of benzene rings is 4. The van der Waals surface area contributed by atoms with Crippen LogP contribution in [-0.4, -0.2) is 184 Å². The number of amides is 4. The summed E-state index contributed by atoms with van der Waals surface area (Å²) in [6, 6.07) is 14.3. The van der Waals surface area contributed by atoms with Gasteiger partial charge in [-0.25, -0.2) is 0 Å². The van der Waals surface area contributed by atoms with Gasteiger partial charge in [0.2, 0.25) is 11.7 Å². The molecule has 4 aromatic carbocycles. The predicted octanol–water partition coefficient (Wildman–Crippen LogP) is -7.67. The molecular weight excluding hydrogens is 1320 g/mol. The molecule has 1 radical (unpaired) electrons. The first-order chi connectivity index (χ1) is 42.8. The molecule has 4 rings (SSSR count). The molecule has 0 atom stereocenters. The van der Waals surface area contributed by atoms with E-state index in [1.54, 1.807) is 33.5 Å². The van der Waals surface area contributed by atoms with E-state index >= 15 is 4.79 Å². The summed E-state index contributed by atoms with van der Waals surface area (Å²) < 4.78 is 67.9. The molecule has 0 bridgehead atoms. The quantitative estimate of drug-likeness (QED) is 0.0236. The number of ether oxygens (including phenoxy) is 12. The molecule has 92 heavy (non-hydrogen) atoms. The third-order valence-electron chi connectivity index (χ3n) is 13.4. The second-order valence-corrected chi connectivity index (χ2v) is 19.8. The zero-order valence-electron chi connectivity index (χ0n) is 53.9. The van der Waals surface area contributed by atoms with Crippen LogP contribution < -0.4 is 155 Å². The van der Waals surface area contributed by atoms with Gasteiger partial charge in [-0.3, -0.25) is 19.2 Å². The van der Waals surface area contributed by atoms with E-state index in [-0.39, 0.29) is 247 Å². The fraction of sp³-hybridized carbons (Fsp3) is 0.548. The summed E-state index contributed by atoms with van der Waals surface area (Å²) in [5, 5.41) is 84.8. The Morgan fingerprint density at radius 1 is 0.391 bits per heavy atom. The third-order valence-corrected chi connectivity index (χ3v) is 13.4. The third kappa shape index (κ3) is 33.8. The standard InChI is InChI=1S/C62H90N4O22.3Na.Tc/c1-77-24-27-80-30-33-83-36-39-86-52-42-45(43-53(87-40-37-84-34-31-81-28-25-78-2)57(52)88-41-38-85-35-32-82-29-26-79-3)44-66-61(76)62(20-11-23-65-60(75)48-14-10-17-51(69)56(48)72,18-4-6-21-63-58(73)46-12-8-15-49(67)54(46)70)19-5-7-22-64-59(74)47-13-9-16-50(68)55(47)71;;;;/h8-10,12-17,42-43,67-72H,4-7,11,18-41,44H2,1-3H3,(H,63,73)(H,64,74)(H,65,75)(H,66,76);;;;/q;3*+1;/p-6/i;;;;1+1. The van der Waals surface area contributed by atoms with Crippen molar-refractivity contribution in [3.63, 3.8) is 0 Å². The van der Waals surface area contributed by atoms with E-state index in [9.17, 15) is 45.0 Å². The molecule has 0 aliphatic rings. The molecule has 0 aromatic heterocycles. The van der Waals surface area contributed by atoms with Gasteiger partial charge in [-0.1, -0.05) is 67.4 Å². The van der Waals surface area contributed by atoms with Crippen molar-refractivity contribution in [3.8, 4) is 51.7 Å². The van der Waals surface area contributed by atoms with Crippen LogP contribution in [-0.2, 0) is 74.1 Å². The van der Waals surface area contributed by atoms with Crippen LogP contribution in [0.25, 0.3) is 0 Å². The van der Waals surface area contributed by atoms with Crippen LogP contribution in [0.2, 0.25) is 0 Å². The van der Waals surface area contributed by atoms with Crippen LogP contribution in [0.1, 0.15) is 88.0 Å². The Morgan fingerprint density at radius 3 is 1.04 bits per heavy atom. The summed E-state index contributed by atoms with van der Waals surface area (Å²) in [6.07, 6.45) is 2.09. The van der Waals surface area contributed by atoms with E-state index in [0.29, 0.717) is 97.3 Å². The molecule has 0 unspecified atom stereocenters. The summed E-state index contributed by atoms with van der Waals surface area (Å²) in [7, 11) is 4.74. The van der Waals surface area contributed by atoms with Gasteiger partial charge in [-0.05, 0) is 56.2 Å². The van der Waals surface area contributed by atoms with E-state index in [2.05, 4.69) is 21.3 Å². The van der Waals surface area contributed by atoms with Crippen molar-refractivity contribution in [2.24, 2.45) is 5.41 Å². The predicted molar refractivity (Wildman–Crippen MR) is 308 cm³/mol. The fourth-order valence-electron chi connectivity index (χ4n) is 8.77. The molecular formula is C62H84N4Na3O22Tc-3. The van der Waals surface area contributed by atoms with Gasteiger partial charge in [0.1, 0.15) is 19.8 Å². The SMILES string of the molecule is COCCOCCOCCOc1cc(CNC(=O)C(CCCCNC(=O)c2cccc([O-])c2[O-])(CCCCNC(=O)c2cccc([O-])c2[O-])CCCNC(=O)c2cccc([O-])c2[O-])cc(OCCOCCOCCOC)c1OCCOCCOCCOC.[99Tc].[Na+].[Na+].[Na+]. The van der Waals surface area contributed by atoms with E-state index in [1.165, 1.54) is 36.4 Å². The minimum Gasteiger partial charge on any atom is -0.873 e. The second kappa shape index (κ2) is 53.4. The molecule has 497 valence electrons. The van der Waals surface area contributed by atoms with Gasteiger partial charge in [0.05, 0.1) is 99.1 Å². The van der Waals surface area contributed by atoms with Gasteiger partial charge in [0.25, 0.3) is 17.7 Å². The van der Waals surface area contributed by atoms with Crippen LogP contribution in [0.4, 0.5) is 0 Å².